The highest BCUT2D eigenvalue weighted by Gasteiger charge is 2.28. The molecule has 1 aliphatic rings. The Morgan fingerprint density at radius 1 is 1.06 bits per heavy atom. The molecule has 0 aliphatic carbocycles. The SMILES string of the molecule is COc1ccc(NC(C)=O)cc1S(=O)(=O)N[C@H](c1ccc2c(c1)OCCCO2)C(C)C. The van der Waals surface area contributed by atoms with Crippen LogP contribution in [0.4, 0.5) is 5.69 Å². The fraction of sp³-hybridized carbons (Fsp3) is 0.409. The topological polar surface area (TPSA) is 103 Å². The van der Waals surface area contributed by atoms with Gasteiger partial charge >= 0.3 is 0 Å². The van der Waals surface area contributed by atoms with Crippen LogP contribution in [0.5, 0.6) is 17.2 Å². The van der Waals surface area contributed by atoms with E-state index in [1.54, 1.807) is 12.1 Å². The van der Waals surface area contributed by atoms with Gasteiger partial charge < -0.3 is 19.5 Å². The van der Waals surface area contributed by atoms with Crippen LogP contribution in [0, 0.1) is 5.92 Å². The Balaban J connectivity index is 1.96. The van der Waals surface area contributed by atoms with E-state index >= 15 is 0 Å². The van der Waals surface area contributed by atoms with Crippen molar-refractivity contribution in [2.45, 2.75) is 38.1 Å². The molecule has 2 aromatic rings. The fourth-order valence-corrected chi connectivity index (χ4v) is 4.93. The molecule has 8 nitrogen and oxygen atoms in total. The summed E-state index contributed by atoms with van der Waals surface area (Å²) >= 11 is 0. The zero-order valence-electron chi connectivity index (χ0n) is 18.1. The minimum absolute atomic E-state index is 0.0518. The van der Waals surface area contributed by atoms with Crippen molar-refractivity contribution >= 4 is 21.6 Å². The molecule has 0 unspecified atom stereocenters. The molecule has 0 fully saturated rings. The predicted octanol–water partition coefficient (Wildman–Crippen LogP) is 3.49. The second-order valence-electron chi connectivity index (χ2n) is 7.65. The van der Waals surface area contributed by atoms with Crippen molar-refractivity contribution in [3.8, 4) is 17.2 Å². The average molecular weight is 449 g/mol. The molecule has 1 aliphatic heterocycles. The Bertz CT molecular complexity index is 1050. The molecule has 1 amide bonds. The average Bonchev–Trinajstić information content (AvgIpc) is 2.96. The Morgan fingerprint density at radius 3 is 2.42 bits per heavy atom. The van der Waals surface area contributed by atoms with E-state index in [1.807, 2.05) is 26.0 Å². The molecule has 2 N–H and O–H groups in total. The number of fused-ring (bicyclic) bond motifs is 1. The van der Waals surface area contributed by atoms with E-state index in [-0.39, 0.29) is 22.5 Å². The summed E-state index contributed by atoms with van der Waals surface area (Å²) in [5.41, 5.74) is 1.13. The van der Waals surface area contributed by atoms with Gasteiger partial charge in [0.15, 0.2) is 11.5 Å². The quantitative estimate of drug-likeness (QED) is 0.672. The molecular weight excluding hydrogens is 420 g/mol. The third-order valence-electron chi connectivity index (χ3n) is 4.85. The first kappa shape index (κ1) is 22.9. The summed E-state index contributed by atoms with van der Waals surface area (Å²) in [5, 5.41) is 2.60. The molecular formula is C22H28N2O6S. The Labute approximate surface area is 182 Å². The number of ether oxygens (including phenoxy) is 3. The molecule has 2 aromatic carbocycles. The highest BCUT2D eigenvalue weighted by atomic mass is 32.2. The number of rotatable bonds is 7. The fourth-order valence-electron chi connectivity index (χ4n) is 3.36. The Morgan fingerprint density at radius 2 is 1.77 bits per heavy atom. The van der Waals surface area contributed by atoms with Gasteiger partial charge in [0.25, 0.3) is 0 Å². The first-order valence-corrected chi connectivity index (χ1v) is 11.6. The van der Waals surface area contributed by atoms with Crippen molar-refractivity contribution in [3.05, 3.63) is 42.0 Å². The van der Waals surface area contributed by atoms with Gasteiger partial charge in [-0.05, 0) is 41.8 Å². The van der Waals surface area contributed by atoms with E-state index in [9.17, 15) is 13.2 Å². The first-order chi connectivity index (χ1) is 14.7. The lowest BCUT2D eigenvalue weighted by atomic mass is 9.97. The molecule has 1 heterocycles. The summed E-state index contributed by atoms with van der Waals surface area (Å²) in [6.45, 7) is 6.34. The molecule has 9 heteroatoms. The third kappa shape index (κ3) is 5.48. The van der Waals surface area contributed by atoms with Crippen LogP contribution in [0.25, 0.3) is 0 Å². The monoisotopic (exact) mass is 448 g/mol. The van der Waals surface area contributed by atoms with Gasteiger partial charge in [-0.2, -0.15) is 0 Å². The van der Waals surface area contributed by atoms with Crippen LogP contribution >= 0.6 is 0 Å². The Kier molecular flexibility index (Phi) is 7.07. The van der Waals surface area contributed by atoms with E-state index < -0.39 is 16.1 Å². The molecule has 3 rings (SSSR count). The lowest BCUT2D eigenvalue weighted by molar-refractivity contribution is -0.114. The van der Waals surface area contributed by atoms with Crippen molar-refractivity contribution in [2.75, 3.05) is 25.6 Å². The van der Waals surface area contributed by atoms with Gasteiger partial charge in [0, 0.05) is 25.1 Å². The van der Waals surface area contributed by atoms with Crippen molar-refractivity contribution < 1.29 is 27.4 Å². The lowest BCUT2D eigenvalue weighted by Crippen LogP contribution is -2.32. The maximum absolute atomic E-state index is 13.3. The highest BCUT2D eigenvalue weighted by molar-refractivity contribution is 7.89. The third-order valence-corrected chi connectivity index (χ3v) is 6.32. The summed E-state index contributed by atoms with van der Waals surface area (Å²) in [6.07, 6.45) is 0.786. The van der Waals surface area contributed by atoms with Gasteiger partial charge in [-0.15, -0.1) is 0 Å². The van der Waals surface area contributed by atoms with Crippen LogP contribution in [-0.2, 0) is 14.8 Å². The maximum atomic E-state index is 13.3. The van der Waals surface area contributed by atoms with Crippen molar-refractivity contribution in [1.82, 2.24) is 4.72 Å². The van der Waals surface area contributed by atoms with Crippen molar-refractivity contribution in [2.24, 2.45) is 5.92 Å². The molecule has 0 saturated carbocycles. The summed E-state index contributed by atoms with van der Waals surface area (Å²) in [4.78, 5) is 11.3. The van der Waals surface area contributed by atoms with Gasteiger partial charge in [0.1, 0.15) is 10.6 Å². The molecule has 168 valence electrons. The number of benzene rings is 2. The summed E-state index contributed by atoms with van der Waals surface area (Å²) in [5.74, 6) is 1.09. The van der Waals surface area contributed by atoms with Gasteiger partial charge in [0.2, 0.25) is 15.9 Å². The van der Waals surface area contributed by atoms with Gasteiger partial charge in [-0.25, -0.2) is 13.1 Å². The van der Waals surface area contributed by atoms with Gasteiger partial charge in [-0.1, -0.05) is 19.9 Å². The van der Waals surface area contributed by atoms with Gasteiger partial charge in [0.05, 0.1) is 20.3 Å². The number of carbonyl (C=O) groups excluding carboxylic acids is 1. The number of hydrogen-bond donors (Lipinski definition) is 2. The predicted molar refractivity (Wildman–Crippen MR) is 117 cm³/mol. The molecule has 0 spiro atoms. The van der Waals surface area contributed by atoms with Gasteiger partial charge in [-0.3, -0.25) is 4.79 Å². The summed E-state index contributed by atoms with van der Waals surface area (Å²) in [7, 11) is -2.58. The molecule has 1 atom stereocenters. The number of methoxy groups -OCH3 is 1. The Hall–Kier alpha value is -2.78. The second-order valence-corrected chi connectivity index (χ2v) is 9.33. The lowest BCUT2D eigenvalue weighted by Gasteiger charge is -2.24. The normalized spacial score (nSPS) is 14.6. The van der Waals surface area contributed by atoms with Crippen LogP contribution in [0.2, 0.25) is 0 Å². The largest absolute Gasteiger partial charge is 0.495 e. The standard InChI is InChI=1S/C22H28N2O6S/c1-14(2)22(16-6-8-18-20(12-16)30-11-5-10-29-18)24-31(26,27)21-13-17(23-15(3)25)7-9-19(21)28-4/h6-9,12-14,22,24H,5,10-11H2,1-4H3,(H,23,25)/t22-/m0/s1. The minimum Gasteiger partial charge on any atom is -0.495 e. The first-order valence-electron chi connectivity index (χ1n) is 10.1. The van der Waals surface area contributed by atoms with Crippen LogP contribution in [0.1, 0.15) is 38.8 Å². The molecule has 31 heavy (non-hydrogen) atoms. The second kappa shape index (κ2) is 9.57. The number of anilines is 1. The van der Waals surface area contributed by atoms with E-state index in [2.05, 4.69) is 10.0 Å². The van der Waals surface area contributed by atoms with Crippen molar-refractivity contribution in [3.63, 3.8) is 0 Å². The maximum Gasteiger partial charge on any atom is 0.244 e. The smallest absolute Gasteiger partial charge is 0.244 e. The van der Waals surface area contributed by atoms with Crippen LogP contribution in [0.3, 0.4) is 0 Å². The zero-order chi connectivity index (χ0) is 22.6. The molecule has 0 saturated heterocycles. The van der Waals surface area contributed by atoms with E-state index in [0.717, 1.165) is 12.0 Å². The van der Waals surface area contributed by atoms with Crippen LogP contribution in [0.15, 0.2) is 41.3 Å². The number of carbonyl (C=O) groups is 1. The number of hydrogen-bond acceptors (Lipinski definition) is 6. The molecule has 0 bridgehead atoms. The van der Waals surface area contributed by atoms with E-state index in [0.29, 0.717) is 30.4 Å². The van der Waals surface area contributed by atoms with E-state index in [1.165, 1.54) is 26.2 Å². The minimum atomic E-state index is -3.98. The molecule has 0 radical (unpaired) electrons. The highest BCUT2D eigenvalue weighted by Crippen LogP contribution is 2.35. The van der Waals surface area contributed by atoms with Crippen LogP contribution in [-0.4, -0.2) is 34.6 Å². The van der Waals surface area contributed by atoms with E-state index in [4.69, 9.17) is 14.2 Å². The number of nitrogens with one attached hydrogen (secondary N) is 2. The summed E-state index contributed by atoms with van der Waals surface area (Å²) in [6, 6.07) is 9.42. The van der Waals surface area contributed by atoms with Crippen molar-refractivity contribution in [1.29, 1.82) is 0 Å². The number of sulfonamides is 1. The zero-order valence-corrected chi connectivity index (χ0v) is 18.9. The number of amides is 1. The summed E-state index contributed by atoms with van der Waals surface area (Å²) < 4.78 is 46.1. The molecule has 0 aromatic heterocycles. The van der Waals surface area contributed by atoms with Crippen LogP contribution < -0.4 is 24.2 Å².